The van der Waals surface area contributed by atoms with Gasteiger partial charge in [0, 0.05) is 25.9 Å². The van der Waals surface area contributed by atoms with E-state index in [1.807, 2.05) is 0 Å². The van der Waals surface area contributed by atoms with Gasteiger partial charge < -0.3 is 15.0 Å². The molecule has 20 heavy (non-hydrogen) atoms. The molecule has 2 N–H and O–H groups in total. The number of aromatic nitrogens is 1. The lowest BCUT2D eigenvalue weighted by Crippen LogP contribution is -2.42. The first-order valence-corrected chi connectivity index (χ1v) is 6.54. The zero-order valence-corrected chi connectivity index (χ0v) is 12.0. The third-order valence-corrected chi connectivity index (χ3v) is 3.74. The molecule has 0 spiro atoms. The third kappa shape index (κ3) is 3.26. The summed E-state index contributed by atoms with van der Waals surface area (Å²) in [7, 11) is 1.55. The molecule has 0 saturated heterocycles. The lowest BCUT2D eigenvalue weighted by molar-refractivity contribution is -0.149. The molecule has 1 rings (SSSR count). The molecule has 0 aliphatic heterocycles. The number of nitrogens with zero attached hydrogens (tertiary/aromatic N) is 1. The van der Waals surface area contributed by atoms with Crippen LogP contribution in [-0.2, 0) is 11.8 Å². The van der Waals surface area contributed by atoms with Crippen molar-refractivity contribution < 1.29 is 14.7 Å². The second-order valence-electron chi connectivity index (χ2n) is 4.84. The molecule has 1 heterocycles. The number of nitrogens with one attached hydrogen (secondary N) is 1. The number of carbonyl (C=O) groups excluding carboxylic acids is 1. The van der Waals surface area contributed by atoms with Crippen LogP contribution in [0.1, 0.15) is 37.0 Å². The van der Waals surface area contributed by atoms with Gasteiger partial charge >= 0.3 is 5.97 Å². The molecular formula is C14H20N2O4. The van der Waals surface area contributed by atoms with Crippen LogP contribution >= 0.6 is 0 Å². The SMILES string of the molecule is CCC(CC)(CNC(=O)c1ccc(=O)n(C)c1)C(=O)O. The van der Waals surface area contributed by atoms with Gasteiger partial charge in [0.25, 0.3) is 5.91 Å². The lowest BCUT2D eigenvalue weighted by Gasteiger charge is -2.26. The average molecular weight is 280 g/mol. The highest BCUT2D eigenvalue weighted by Gasteiger charge is 2.35. The van der Waals surface area contributed by atoms with Crippen molar-refractivity contribution >= 4 is 11.9 Å². The van der Waals surface area contributed by atoms with Gasteiger partial charge in [0.2, 0.25) is 5.56 Å². The highest BCUT2D eigenvalue weighted by molar-refractivity contribution is 5.94. The van der Waals surface area contributed by atoms with Crippen molar-refractivity contribution in [1.29, 1.82) is 0 Å². The number of hydrogen-bond acceptors (Lipinski definition) is 3. The van der Waals surface area contributed by atoms with Crippen LogP contribution in [0, 0.1) is 5.41 Å². The van der Waals surface area contributed by atoms with Crippen LogP contribution < -0.4 is 10.9 Å². The fraction of sp³-hybridized carbons (Fsp3) is 0.500. The molecule has 1 aromatic rings. The standard InChI is InChI=1S/C14H20N2O4/c1-4-14(5-2,13(19)20)9-15-12(18)10-6-7-11(17)16(3)8-10/h6-8H,4-5,9H2,1-3H3,(H,15,18)(H,19,20). The number of carboxylic acid groups (broad SMARTS) is 1. The number of carbonyl (C=O) groups is 2. The molecule has 0 radical (unpaired) electrons. The molecule has 1 amide bonds. The van der Waals surface area contributed by atoms with Crippen molar-refractivity contribution in [3.05, 3.63) is 34.2 Å². The zero-order chi connectivity index (χ0) is 15.3. The van der Waals surface area contributed by atoms with Crippen LogP contribution in [0.15, 0.2) is 23.1 Å². The number of carboxylic acids is 1. The number of hydrogen-bond donors (Lipinski definition) is 2. The Labute approximate surface area is 117 Å². The summed E-state index contributed by atoms with van der Waals surface area (Å²) in [5, 5.41) is 11.9. The molecule has 0 fully saturated rings. The maximum atomic E-state index is 12.0. The van der Waals surface area contributed by atoms with Gasteiger partial charge in [-0.05, 0) is 18.9 Å². The van der Waals surface area contributed by atoms with Gasteiger partial charge in [-0.15, -0.1) is 0 Å². The second kappa shape index (κ2) is 6.36. The molecule has 0 saturated carbocycles. The molecule has 0 atom stereocenters. The smallest absolute Gasteiger partial charge is 0.311 e. The van der Waals surface area contributed by atoms with E-state index in [0.717, 1.165) is 0 Å². The van der Waals surface area contributed by atoms with E-state index in [-0.39, 0.29) is 18.0 Å². The summed E-state index contributed by atoms with van der Waals surface area (Å²) in [6, 6.07) is 2.73. The fourth-order valence-electron chi connectivity index (χ4n) is 1.96. The van der Waals surface area contributed by atoms with Crippen LogP contribution in [-0.4, -0.2) is 28.1 Å². The maximum absolute atomic E-state index is 12.0. The van der Waals surface area contributed by atoms with Crippen molar-refractivity contribution in [3.63, 3.8) is 0 Å². The molecule has 0 aliphatic rings. The average Bonchev–Trinajstić information content (AvgIpc) is 2.43. The van der Waals surface area contributed by atoms with E-state index in [0.29, 0.717) is 18.4 Å². The summed E-state index contributed by atoms with van der Waals surface area (Å²) in [5.41, 5.74) is -0.821. The minimum absolute atomic E-state index is 0.0665. The van der Waals surface area contributed by atoms with Crippen LogP contribution in [0.25, 0.3) is 0 Å². The third-order valence-electron chi connectivity index (χ3n) is 3.74. The van der Waals surface area contributed by atoms with Crippen molar-refractivity contribution in [2.75, 3.05) is 6.54 Å². The molecule has 0 unspecified atom stereocenters. The molecule has 0 aromatic carbocycles. The van der Waals surface area contributed by atoms with Crippen molar-refractivity contribution in [2.24, 2.45) is 12.5 Å². The van der Waals surface area contributed by atoms with Gasteiger partial charge in [-0.3, -0.25) is 14.4 Å². The van der Waals surface area contributed by atoms with E-state index in [2.05, 4.69) is 5.32 Å². The minimum atomic E-state index is -0.948. The Morgan fingerprint density at radius 3 is 2.35 bits per heavy atom. The summed E-state index contributed by atoms with van der Waals surface area (Å²) < 4.78 is 1.30. The highest BCUT2D eigenvalue weighted by atomic mass is 16.4. The maximum Gasteiger partial charge on any atom is 0.311 e. The first-order valence-electron chi connectivity index (χ1n) is 6.54. The van der Waals surface area contributed by atoms with Gasteiger partial charge in [0.1, 0.15) is 0 Å². The predicted octanol–water partition coefficient (Wildman–Crippen LogP) is 1.01. The summed E-state index contributed by atoms with van der Waals surface area (Å²) in [4.78, 5) is 34.6. The number of aryl methyl sites for hydroxylation is 1. The lowest BCUT2D eigenvalue weighted by atomic mass is 9.82. The Balaban J connectivity index is 2.83. The zero-order valence-electron chi connectivity index (χ0n) is 12.0. The highest BCUT2D eigenvalue weighted by Crippen LogP contribution is 2.25. The second-order valence-corrected chi connectivity index (χ2v) is 4.84. The number of rotatable bonds is 6. The summed E-state index contributed by atoms with van der Waals surface area (Å²) >= 11 is 0. The summed E-state index contributed by atoms with van der Waals surface area (Å²) in [6.07, 6.45) is 2.30. The fourth-order valence-corrected chi connectivity index (χ4v) is 1.96. The molecule has 1 aromatic heterocycles. The molecule has 0 bridgehead atoms. The van der Waals surface area contributed by atoms with E-state index in [1.165, 1.54) is 22.9 Å². The van der Waals surface area contributed by atoms with Gasteiger partial charge in [-0.2, -0.15) is 0 Å². The monoisotopic (exact) mass is 280 g/mol. The number of aliphatic carboxylic acids is 1. The Morgan fingerprint density at radius 2 is 1.90 bits per heavy atom. The Bertz CT molecular complexity index is 559. The molecule has 6 nitrogen and oxygen atoms in total. The number of pyridine rings is 1. The Hall–Kier alpha value is -2.11. The van der Waals surface area contributed by atoms with Gasteiger partial charge in [0.05, 0.1) is 11.0 Å². The first-order chi connectivity index (χ1) is 9.36. The summed E-state index contributed by atoms with van der Waals surface area (Å²) in [5.74, 6) is -1.30. The molecule has 6 heteroatoms. The molecule has 0 aliphatic carbocycles. The Kier molecular flexibility index (Phi) is 5.07. The first kappa shape index (κ1) is 15.9. The van der Waals surface area contributed by atoms with E-state index >= 15 is 0 Å². The quantitative estimate of drug-likeness (QED) is 0.814. The van der Waals surface area contributed by atoms with Crippen molar-refractivity contribution in [1.82, 2.24) is 9.88 Å². The normalized spacial score (nSPS) is 11.2. The van der Waals surface area contributed by atoms with E-state index < -0.39 is 11.4 Å². The summed E-state index contributed by atoms with van der Waals surface area (Å²) in [6.45, 7) is 3.64. The van der Waals surface area contributed by atoms with E-state index in [1.54, 1.807) is 20.9 Å². The van der Waals surface area contributed by atoms with Crippen molar-refractivity contribution in [3.8, 4) is 0 Å². The van der Waals surface area contributed by atoms with Gasteiger partial charge in [0.15, 0.2) is 0 Å². The van der Waals surface area contributed by atoms with Gasteiger partial charge in [-0.25, -0.2) is 0 Å². The van der Waals surface area contributed by atoms with Crippen LogP contribution in [0.5, 0.6) is 0 Å². The molecule has 110 valence electrons. The minimum Gasteiger partial charge on any atom is -0.481 e. The van der Waals surface area contributed by atoms with Gasteiger partial charge in [-0.1, -0.05) is 13.8 Å². The predicted molar refractivity (Wildman–Crippen MR) is 74.7 cm³/mol. The van der Waals surface area contributed by atoms with E-state index in [9.17, 15) is 19.5 Å². The largest absolute Gasteiger partial charge is 0.481 e. The van der Waals surface area contributed by atoms with E-state index in [4.69, 9.17) is 0 Å². The van der Waals surface area contributed by atoms with Crippen LogP contribution in [0.3, 0.4) is 0 Å². The number of amides is 1. The van der Waals surface area contributed by atoms with Crippen LogP contribution in [0.4, 0.5) is 0 Å². The molecular weight excluding hydrogens is 260 g/mol. The Morgan fingerprint density at radius 1 is 1.30 bits per heavy atom. The van der Waals surface area contributed by atoms with Crippen LogP contribution in [0.2, 0.25) is 0 Å². The topological polar surface area (TPSA) is 88.4 Å². The van der Waals surface area contributed by atoms with Crippen molar-refractivity contribution in [2.45, 2.75) is 26.7 Å².